The molecule has 0 saturated carbocycles. The predicted octanol–water partition coefficient (Wildman–Crippen LogP) is 1.46. The fourth-order valence-electron chi connectivity index (χ4n) is 2.28. The van der Waals surface area contributed by atoms with Crippen LogP contribution in [-0.4, -0.2) is 29.1 Å². The quantitative estimate of drug-likeness (QED) is 0.762. The van der Waals surface area contributed by atoms with E-state index < -0.39 is 5.54 Å². The van der Waals surface area contributed by atoms with Gasteiger partial charge in [-0.05, 0) is 37.5 Å². The van der Waals surface area contributed by atoms with E-state index in [2.05, 4.69) is 10.6 Å². The van der Waals surface area contributed by atoms with Crippen LogP contribution >= 0.6 is 0 Å². The van der Waals surface area contributed by atoms with Crippen LogP contribution in [0.4, 0.5) is 5.69 Å². The van der Waals surface area contributed by atoms with Crippen molar-refractivity contribution in [3.63, 3.8) is 0 Å². The second kappa shape index (κ2) is 5.63. The first-order valence-electron chi connectivity index (χ1n) is 6.83. The fourth-order valence-corrected chi connectivity index (χ4v) is 2.28. The van der Waals surface area contributed by atoms with Gasteiger partial charge in [0.2, 0.25) is 5.91 Å². The second-order valence-corrected chi connectivity index (χ2v) is 5.44. The minimum atomic E-state index is -0.423. The van der Waals surface area contributed by atoms with E-state index in [1.807, 2.05) is 13.8 Å². The third-order valence-corrected chi connectivity index (χ3v) is 3.86. The average molecular weight is 276 g/mol. The number of carbonyl (C=O) groups is 2. The lowest BCUT2D eigenvalue weighted by atomic mass is 9.94. The van der Waals surface area contributed by atoms with E-state index in [-0.39, 0.29) is 18.4 Å². The van der Waals surface area contributed by atoms with Gasteiger partial charge in [-0.2, -0.15) is 0 Å². The van der Waals surface area contributed by atoms with Crippen LogP contribution in [0.5, 0.6) is 0 Å². The molecule has 3 N–H and O–H groups in total. The van der Waals surface area contributed by atoms with Crippen LogP contribution in [-0.2, 0) is 11.2 Å². The molecule has 20 heavy (non-hydrogen) atoms. The van der Waals surface area contributed by atoms with Gasteiger partial charge >= 0.3 is 0 Å². The zero-order chi connectivity index (χ0) is 14.8. The molecule has 1 aromatic rings. The molecule has 1 atom stereocenters. The molecule has 2 amide bonds. The number of carbonyl (C=O) groups excluding carboxylic acids is 2. The molecule has 0 saturated heterocycles. The Morgan fingerprint density at radius 1 is 1.50 bits per heavy atom. The number of rotatable bonds is 5. The molecular weight excluding hydrogens is 256 g/mol. The van der Waals surface area contributed by atoms with Gasteiger partial charge in [0.25, 0.3) is 5.91 Å². The summed E-state index contributed by atoms with van der Waals surface area (Å²) in [6.07, 6.45) is 1.62. The van der Waals surface area contributed by atoms with Crippen LogP contribution < -0.4 is 10.6 Å². The Bertz CT molecular complexity index is 542. The normalized spacial score (nSPS) is 16.2. The van der Waals surface area contributed by atoms with Gasteiger partial charge in [0.05, 0.1) is 6.42 Å². The first-order valence-corrected chi connectivity index (χ1v) is 6.83. The summed E-state index contributed by atoms with van der Waals surface area (Å²) in [6, 6.07) is 5.23. The number of aliphatic hydroxyl groups is 1. The van der Waals surface area contributed by atoms with E-state index in [1.165, 1.54) is 0 Å². The molecule has 0 fully saturated rings. The maximum atomic E-state index is 12.3. The van der Waals surface area contributed by atoms with Gasteiger partial charge in [-0.15, -0.1) is 0 Å². The highest BCUT2D eigenvalue weighted by molar-refractivity contribution is 6.02. The molecule has 2 rings (SSSR count). The van der Waals surface area contributed by atoms with Crippen molar-refractivity contribution in [1.29, 1.82) is 0 Å². The molecule has 1 unspecified atom stereocenters. The monoisotopic (exact) mass is 276 g/mol. The Kier molecular flexibility index (Phi) is 4.09. The molecule has 1 aliphatic heterocycles. The third kappa shape index (κ3) is 2.99. The summed E-state index contributed by atoms with van der Waals surface area (Å²) < 4.78 is 0. The number of hydrogen-bond donors (Lipinski definition) is 3. The highest BCUT2D eigenvalue weighted by Crippen LogP contribution is 2.24. The standard InChI is InChI=1S/C15H20N2O3/c1-3-15(2,6-7-18)17-14(20)11-5-4-10-9-13(19)16-12(10)8-11/h4-5,8,18H,3,6-7,9H2,1-2H3,(H,16,19)(H,17,20). The summed E-state index contributed by atoms with van der Waals surface area (Å²) in [5.74, 6) is -0.233. The van der Waals surface area contributed by atoms with Crippen LogP contribution in [0.1, 0.15) is 42.6 Å². The van der Waals surface area contributed by atoms with Crippen LogP contribution in [0.15, 0.2) is 18.2 Å². The maximum Gasteiger partial charge on any atom is 0.251 e. The summed E-state index contributed by atoms with van der Waals surface area (Å²) >= 11 is 0. The summed E-state index contributed by atoms with van der Waals surface area (Å²) in [5.41, 5.74) is 1.72. The molecule has 0 bridgehead atoms. The molecule has 1 heterocycles. The van der Waals surface area contributed by atoms with Gasteiger partial charge in [0.15, 0.2) is 0 Å². The smallest absolute Gasteiger partial charge is 0.251 e. The summed E-state index contributed by atoms with van der Waals surface area (Å²) in [7, 11) is 0. The fraction of sp³-hybridized carbons (Fsp3) is 0.467. The van der Waals surface area contributed by atoms with E-state index in [0.717, 1.165) is 12.0 Å². The highest BCUT2D eigenvalue weighted by Gasteiger charge is 2.25. The number of benzene rings is 1. The number of nitrogens with one attached hydrogen (secondary N) is 2. The first kappa shape index (κ1) is 14.5. The number of hydrogen-bond acceptors (Lipinski definition) is 3. The molecule has 1 aliphatic rings. The van der Waals surface area contributed by atoms with Gasteiger partial charge < -0.3 is 15.7 Å². The Morgan fingerprint density at radius 2 is 2.25 bits per heavy atom. The largest absolute Gasteiger partial charge is 0.396 e. The third-order valence-electron chi connectivity index (χ3n) is 3.86. The molecule has 0 radical (unpaired) electrons. The minimum absolute atomic E-state index is 0.0326. The minimum Gasteiger partial charge on any atom is -0.396 e. The van der Waals surface area contributed by atoms with E-state index in [9.17, 15) is 9.59 Å². The van der Waals surface area contributed by atoms with E-state index in [1.54, 1.807) is 18.2 Å². The SMILES string of the molecule is CCC(C)(CCO)NC(=O)c1ccc2c(c1)NC(=O)C2. The van der Waals surface area contributed by atoms with Crippen molar-refractivity contribution in [2.24, 2.45) is 0 Å². The molecule has 108 valence electrons. The summed E-state index contributed by atoms with van der Waals surface area (Å²) in [6.45, 7) is 3.92. The summed E-state index contributed by atoms with van der Waals surface area (Å²) in [4.78, 5) is 23.6. The van der Waals surface area contributed by atoms with Crippen LogP contribution in [0.25, 0.3) is 0 Å². The number of aliphatic hydroxyl groups excluding tert-OH is 1. The molecule has 5 heteroatoms. The molecule has 0 aliphatic carbocycles. The van der Waals surface area contributed by atoms with Crippen LogP contribution in [0, 0.1) is 0 Å². The van der Waals surface area contributed by atoms with Gasteiger partial charge in [-0.1, -0.05) is 13.0 Å². The molecule has 0 spiro atoms. The Balaban J connectivity index is 2.14. The van der Waals surface area contributed by atoms with E-state index >= 15 is 0 Å². The van der Waals surface area contributed by atoms with Gasteiger partial charge in [-0.25, -0.2) is 0 Å². The Labute approximate surface area is 118 Å². The molecule has 5 nitrogen and oxygen atoms in total. The second-order valence-electron chi connectivity index (χ2n) is 5.44. The van der Waals surface area contributed by atoms with Gasteiger partial charge in [-0.3, -0.25) is 9.59 Å². The lowest BCUT2D eigenvalue weighted by Gasteiger charge is -2.29. The highest BCUT2D eigenvalue weighted by atomic mass is 16.3. The lowest BCUT2D eigenvalue weighted by molar-refractivity contribution is -0.115. The maximum absolute atomic E-state index is 12.3. The lowest BCUT2D eigenvalue weighted by Crippen LogP contribution is -2.46. The topological polar surface area (TPSA) is 78.4 Å². The van der Waals surface area contributed by atoms with Crippen molar-refractivity contribution in [2.45, 2.75) is 38.6 Å². The van der Waals surface area contributed by atoms with Crippen molar-refractivity contribution < 1.29 is 14.7 Å². The number of anilines is 1. The number of fused-ring (bicyclic) bond motifs is 1. The molecular formula is C15H20N2O3. The number of amides is 2. The Hall–Kier alpha value is -1.88. The average Bonchev–Trinajstić information content (AvgIpc) is 2.77. The van der Waals surface area contributed by atoms with Gasteiger partial charge in [0.1, 0.15) is 0 Å². The molecule has 0 aromatic heterocycles. The first-order chi connectivity index (χ1) is 9.47. The van der Waals surface area contributed by atoms with E-state index in [0.29, 0.717) is 24.1 Å². The predicted molar refractivity (Wildman–Crippen MR) is 76.6 cm³/mol. The van der Waals surface area contributed by atoms with E-state index in [4.69, 9.17) is 5.11 Å². The van der Waals surface area contributed by atoms with Crippen molar-refractivity contribution >= 4 is 17.5 Å². The Morgan fingerprint density at radius 3 is 2.90 bits per heavy atom. The van der Waals surface area contributed by atoms with Crippen molar-refractivity contribution in [2.75, 3.05) is 11.9 Å². The zero-order valence-electron chi connectivity index (χ0n) is 11.8. The van der Waals surface area contributed by atoms with Crippen LogP contribution in [0.3, 0.4) is 0 Å². The van der Waals surface area contributed by atoms with Crippen molar-refractivity contribution in [3.8, 4) is 0 Å². The zero-order valence-corrected chi connectivity index (χ0v) is 11.8. The van der Waals surface area contributed by atoms with Gasteiger partial charge in [0, 0.05) is 23.4 Å². The van der Waals surface area contributed by atoms with Crippen molar-refractivity contribution in [3.05, 3.63) is 29.3 Å². The van der Waals surface area contributed by atoms with Crippen LogP contribution in [0.2, 0.25) is 0 Å². The summed E-state index contributed by atoms with van der Waals surface area (Å²) in [5, 5.41) is 14.8. The van der Waals surface area contributed by atoms with Crippen molar-refractivity contribution in [1.82, 2.24) is 5.32 Å². The molecule has 1 aromatic carbocycles.